The molecule has 3 aliphatic heterocycles. The quantitative estimate of drug-likeness (QED) is 0.200. The van der Waals surface area contributed by atoms with Crippen molar-refractivity contribution < 1.29 is 23.9 Å². The zero-order valence-electron chi connectivity index (χ0n) is 29.6. The molecule has 2 aromatic carbocycles. The Morgan fingerprint density at radius 1 is 0.960 bits per heavy atom. The van der Waals surface area contributed by atoms with Gasteiger partial charge >= 0.3 is 6.09 Å². The molecule has 0 N–H and O–H groups in total. The lowest BCUT2D eigenvalue weighted by Crippen LogP contribution is -2.52. The van der Waals surface area contributed by atoms with Gasteiger partial charge in [0, 0.05) is 44.6 Å². The van der Waals surface area contributed by atoms with Gasteiger partial charge in [-0.15, -0.1) is 0 Å². The molecule has 10 heteroatoms. The van der Waals surface area contributed by atoms with Crippen molar-refractivity contribution in [2.24, 2.45) is 0 Å². The zero-order valence-corrected chi connectivity index (χ0v) is 29.6. The van der Waals surface area contributed by atoms with E-state index in [2.05, 4.69) is 34.1 Å². The molecule has 0 spiro atoms. The molecule has 7 rings (SSSR count). The van der Waals surface area contributed by atoms with E-state index in [1.54, 1.807) is 24.3 Å². The number of carbonyl (C=O) groups excluding carboxylic acids is 3. The fourth-order valence-electron chi connectivity index (χ4n) is 8.07. The van der Waals surface area contributed by atoms with Crippen molar-refractivity contribution in [1.29, 1.82) is 0 Å². The van der Waals surface area contributed by atoms with Gasteiger partial charge in [-0.2, -0.15) is 0 Å². The maximum Gasteiger partial charge on any atom is 0.410 e. The van der Waals surface area contributed by atoms with Crippen LogP contribution in [0.2, 0.25) is 0 Å². The van der Waals surface area contributed by atoms with Crippen LogP contribution in [0.4, 0.5) is 10.5 Å². The number of hydrogen-bond donors (Lipinski definition) is 0. The van der Waals surface area contributed by atoms with Crippen LogP contribution in [0.5, 0.6) is 0 Å². The Kier molecular flexibility index (Phi) is 9.93. The van der Waals surface area contributed by atoms with Crippen molar-refractivity contribution in [1.82, 2.24) is 19.7 Å². The van der Waals surface area contributed by atoms with Crippen LogP contribution in [0.3, 0.4) is 0 Å². The standard InChI is InChI=1S/C40H49N5O5/c1-40(2,3)50-39(48)45-26-29-12-9-16-34(42-21-23-49-24-22-42)33(29)25-30(45)27-43(35-17-8-11-28-13-10-18-41-36(28)35)19-6-7-20-44-37(46)31-14-4-5-15-32(31)38(44)47/h4-5,9-10,12-16,18,30,35H,6-8,11,17,19-27H2,1-3H3/t30-,35+/m1/s1. The number of rotatable bonds is 9. The van der Waals surface area contributed by atoms with Crippen molar-refractivity contribution >= 4 is 23.6 Å². The highest BCUT2D eigenvalue weighted by molar-refractivity contribution is 6.21. The molecule has 264 valence electrons. The number of unbranched alkanes of at least 4 members (excludes halogenated alkanes) is 1. The molecule has 10 nitrogen and oxygen atoms in total. The molecule has 0 radical (unpaired) electrons. The summed E-state index contributed by atoms with van der Waals surface area (Å²) in [5.41, 5.74) is 6.45. The smallest absolute Gasteiger partial charge is 0.410 e. The number of imide groups is 1. The van der Waals surface area contributed by atoms with E-state index in [1.165, 1.54) is 21.7 Å². The normalized spacial score (nSPS) is 20.5. The van der Waals surface area contributed by atoms with Gasteiger partial charge in [-0.1, -0.05) is 30.3 Å². The number of anilines is 1. The number of hydrogen-bond acceptors (Lipinski definition) is 8. The maximum absolute atomic E-state index is 13.9. The number of aryl methyl sites for hydroxylation is 1. The minimum atomic E-state index is -0.617. The molecule has 1 aliphatic carbocycles. The summed E-state index contributed by atoms with van der Waals surface area (Å²) in [6, 6.07) is 17.7. The third kappa shape index (κ3) is 7.14. The molecule has 1 saturated heterocycles. The molecule has 3 aromatic rings. The summed E-state index contributed by atoms with van der Waals surface area (Å²) in [5, 5.41) is 0. The van der Waals surface area contributed by atoms with Crippen LogP contribution in [0, 0.1) is 0 Å². The van der Waals surface area contributed by atoms with Crippen molar-refractivity contribution in [2.45, 2.75) is 83.5 Å². The molecule has 0 bridgehead atoms. The number of aromatic nitrogens is 1. The van der Waals surface area contributed by atoms with Gasteiger partial charge in [-0.3, -0.25) is 29.3 Å². The molecular weight excluding hydrogens is 630 g/mol. The van der Waals surface area contributed by atoms with Crippen LogP contribution >= 0.6 is 0 Å². The topological polar surface area (TPSA) is 95.5 Å². The monoisotopic (exact) mass is 679 g/mol. The Labute approximate surface area is 295 Å². The first-order chi connectivity index (χ1) is 24.2. The number of morpholine rings is 1. The fourth-order valence-corrected chi connectivity index (χ4v) is 8.07. The highest BCUT2D eigenvalue weighted by Gasteiger charge is 2.38. The minimum Gasteiger partial charge on any atom is -0.444 e. The van der Waals surface area contributed by atoms with Crippen LogP contribution in [0.25, 0.3) is 0 Å². The summed E-state index contributed by atoms with van der Waals surface area (Å²) in [6.45, 7) is 11.1. The van der Waals surface area contributed by atoms with Crippen molar-refractivity contribution in [3.05, 3.63) is 94.3 Å². The third-order valence-corrected chi connectivity index (χ3v) is 10.5. The number of benzene rings is 2. The van der Waals surface area contributed by atoms with Crippen LogP contribution in [-0.2, 0) is 28.9 Å². The van der Waals surface area contributed by atoms with Gasteiger partial charge in [-0.05, 0) is 107 Å². The predicted octanol–water partition coefficient (Wildman–Crippen LogP) is 6.04. The maximum atomic E-state index is 13.9. The van der Waals surface area contributed by atoms with Gasteiger partial charge in [0.15, 0.2) is 0 Å². The van der Waals surface area contributed by atoms with Gasteiger partial charge in [0.25, 0.3) is 11.8 Å². The summed E-state index contributed by atoms with van der Waals surface area (Å²) in [5.74, 6) is -0.421. The lowest BCUT2D eigenvalue weighted by Gasteiger charge is -2.44. The predicted molar refractivity (Wildman–Crippen MR) is 191 cm³/mol. The Morgan fingerprint density at radius 3 is 2.44 bits per heavy atom. The van der Waals surface area contributed by atoms with Gasteiger partial charge < -0.3 is 14.4 Å². The Morgan fingerprint density at radius 2 is 1.70 bits per heavy atom. The van der Waals surface area contributed by atoms with E-state index < -0.39 is 5.60 Å². The first-order valence-electron chi connectivity index (χ1n) is 18.2. The van der Waals surface area contributed by atoms with Gasteiger partial charge in [0.1, 0.15) is 5.60 Å². The van der Waals surface area contributed by atoms with Crippen LogP contribution < -0.4 is 4.90 Å². The Hall–Kier alpha value is -4.28. The number of nitrogens with zero attached hydrogens (tertiary/aromatic N) is 5. The average Bonchev–Trinajstić information content (AvgIpc) is 3.36. The first kappa shape index (κ1) is 34.2. The van der Waals surface area contributed by atoms with Crippen LogP contribution in [0.15, 0.2) is 60.8 Å². The van der Waals surface area contributed by atoms with E-state index in [0.717, 1.165) is 63.0 Å². The average molecular weight is 680 g/mol. The summed E-state index contributed by atoms with van der Waals surface area (Å²) in [6.07, 6.45) is 6.85. The largest absolute Gasteiger partial charge is 0.444 e. The van der Waals surface area contributed by atoms with Crippen molar-refractivity contribution in [3.63, 3.8) is 0 Å². The Balaban J connectivity index is 1.15. The van der Waals surface area contributed by atoms with E-state index in [-0.39, 0.29) is 30.0 Å². The fraction of sp³-hybridized carbons (Fsp3) is 0.500. The molecule has 2 atom stereocenters. The molecule has 3 amide bonds. The SMILES string of the molecule is CC(C)(C)OC(=O)N1Cc2cccc(N3CCOCC3)c2C[C@@H]1CN(CCCCN1C(=O)c2ccccc2C1=O)[C@H]1CCCc2cccnc21. The number of amides is 3. The van der Waals surface area contributed by atoms with E-state index in [4.69, 9.17) is 14.5 Å². The molecule has 50 heavy (non-hydrogen) atoms. The highest BCUT2D eigenvalue weighted by Crippen LogP contribution is 2.37. The zero-order chi connectivity index (χ0) is 34.8. The molecule has 1 fully saturated rings. The molecule has 1 aromatic heterocycles. The second-order valence-electron chi connectivity index (χ2n) is 14.9. The van der Waals surface area contributed by atoms with Crippen molar-refractivity contribution in [3.8, 4) is 0 Å². The van der Waals surface area contributed by atoms with Crippen molar-refractivity contribution in [2.75, 3.05) is 50.8 Å². The highest BCUT2D eigenvalue weighted by atomic mass is 16.6. The number of carbonyl (C=O) groups is 3. The minimum absolute atomic E-state index is 0.107. The van der Waals surface area contributed by atoms with E-state index in [9.17, 15) is 14.4 Å². The number of ether oxygens (including phenoxy) is 2. The third-order valence-electron chi connectivity index (χ3n) is 10.5. The molecule has 0 unspecified atom stereocenters. The summed E-state index contributed by atoms with van der Waals surface area (Å²) in [7, 11) is 0. The molecular formula is C40H49N5O5. The van der Waals surface area contributed by atoms with E-state index in [1.807, 2.05) is 37.9 Å². The second-order valence-corrected chi connectivity index (χ2v) is 14.9. The summed E-state index contributed by atoms with van der Waals surface area (Å²) < 4.78 is 11.7. The lowest BCUT2D eigenvalue weighted by molar-refractivity contribution is 0.00455. The van der Waals surface area contributed by atoms with Crippen LogP contribution in [-0.4, -0.2) is 95.2 Å². The van der Waals surface area contributed by atoms with E-state index in [0.29, 0.717) is 50.4 Å². The summed E-state index contributed by atoms with van der Waals surface area (Å²) >= 11 is 0. The molecule has 4 heterocycles. The molecule has 4 aliphatic rings. The number of fused-ring (bicyclic) bond motifs is 3. The van der Waals surface area contributed by atoms with Gasteiger partial charge in [0.2, 0.25) is 0 Å². The van der Waals surface area contributed by atoms with Gasteiger partial charge in [0.05, 0.1) is 42.1 Å². The second kappa shape index (κ2) is 14.5. The summed E-state index contributed by atoms with van der Waals surface area (Å²) in [4.78, 5) is 53.2. The lowest BCUT2D eigenvalue weighted by atomic mass is 9.88. The van der Waals surface area contributed by atoms with Crippen LogP contribution in [0.1, 0.15) is 95.6 Å². The molecule has 0 saturated carbocycles. The number of pyridine rings is 1. The van der Waals surface area contributed by atoms with Gasteiger partial charge in [-0.25, -0.2) is 4.79 Å². The Bertz CT molecular complexity index is 1700. The first-order valence-corrected chi connectivity index (χ1v) is 18.2. The van der Waals surface area contributed by atoms with E-state index >= 15 is 0 Å².